The largest absolute Gasteiger partial charge is 0.375 e. The molecule has 3 aromatic rings. The van der Waals surface area contributed by atoms with E-state index in [1.54, 1.807) is 22.1 Å². The summed E-state index contributed by atoms with van der Waals surface area (Å²) < 4.78 is 1.80. The van der Waals surface area contributed by atoms with E-state index in [2.05, 4.69) is 27.5 Å². The fraction of sp³-hybridized carbons (Fsp3) is 0.143. The number of imidazole rings is 1. The van der Waals surface area contributed by atoms with Crippen molar-refractivity contribution in [2.45, 2.75) is 13.3 Å². The number of thiocarbonyl (C=S) groups is 1. The average Bonchev–Trinajstić information content (AvgIpc) is 3.06. The molecule has 0 aliphatic carbocycles. The molecule has 22 heavy (non-hydrogen) atoms. The molecule has 112 valence electrons. The normalized spacial score (nSPS) is 11.3. The minimum absolute atomic E-state index is 0.116. The molecule has 0 unspecified atom stereocenters. The Morgan fingerprint density at radius 3 is 2.91 bits per heavy atom. The lowest BCUT2D eigenvalue weighted by Gasteiger charge is -1.99. The highest BCUT2D eigenvalue weighted by Gasteiger charge is 2.16. The van der Waals surface area contributed by atoms with Crippen LogP contribution < -0.4 is 11.2 Å². The Morgan fingerprint density at radius 2 is 2.23 bits per heavy atom. The number of aryl methyl sites for hydroxylation is 1. The van der Waals surface area contributed by atoms with E-state index in [0.717, 1.165) is 33.3 Å². The smallest absolute Gasteiger partial charge is 0.213 e. The molecule has 0 bridgehead atoms. The molecule has 0 aliphatic heterocycles. The van der Waals surface area contributed by atoms with Gasteiger partial charge in [0.2, 0.25) is 4.96 Å². The van der Waals surface area contributed by atoms with Crippen molar-refractivity contribution < 1.29 is 0 Å². The molecule has 2 heterocycles. The Bertz CT molecular complexity index is 834. The second kappa shape index (κ2) is 6.20. The quantitative estimate of drug-likeness (QED) is 0.435. The van der Waals surface area contributed by atoms with Gasteiger partial charge in [0.1, 0.15) is 16.4 Å². The van der Waals surface area contributed by atoms with Crippen molar-refractivity contribution in [3.05, 3.63) is 41.0 Å². The molecule has 2 aromatic heterocycles. The van der Waals surface area contributed by atoms with Crippen LogP contribution in [0.25, 0.3) is 16.2 Å². The summed E-state index contributed by atoms with van der Waals surface area (Å²) in [5.41, 5.74) is 10.6. The van der Waals surface area contributed by atoms with Gasteiger partial charge in [-0.15, -0.1) is 0 Å². The van der Waals surface area contributed by atoms with Crippen molar-refractivity contribution in [2.24, 2.45) is 10.8 Å². The molecule has 0 aliphatic rings. The van der Waals surface area contributed by atoms with Crippen LogP contribution in [-0.4, -0.2) is 25.9 Å². The first-order chi connectivity index (χ1) is 10.7. The average molecular weight is 330 g/mol. The zero-order valence-corrected chi connectivity index (χ0v) is 13.5. The molecule has 0 amide bonds. The molecular weight excluding hydrogens is 316 g/mol. The van der Waals surface area contributed by atoms with Crippen LogP contribution in [0.1, 0.15) is 17.6 Å². The number of nitrogens with two attached hydrogens (primary N) is 1. The molecule has 0 fully saturated rings. The van der Waals surface area contributed by atoms with Crippen molar-refractivity contribution in [3.63, 3.8) is 0 Å². The van der Waals surface area contributed by atoms with Gasteiger partial charge in [-0.05, 0) is 18.6 Å². The zero-order chi connectivity index (χ0) is 15.5. The van der Waals surface area contributed by atoms with E-state index in [0.29, 0.717) is 0 Å². The second-order valence-corrected chi connectivity index (χ2v) is 5.97. The lowest BCUT2D eigenvalue weighted by molar-refractivity contribution is 0.902. The van der Waals surface area contributed by atoms with Crippen LogP contribution in [0.4, 0.5) is 0 Å². The lowest BCUT2D eigenvalue weighted by Crippen LogP contribution is -2.24. The third-order valence-corrected chi connectivity index (χ3v) is 4.14. The van der Waals surface area contributed by atoms with E-state index in [1.807, 2.05) is 30.3 Å². The van der Waals surface area contributed by atoms with E-state index >= 15 is 0 Å². The van der Waals surface area contributed by atoms with Gasteiger partial charge in [-0.2, -0.15) is 10.2 Å². The Morgan fingerprint density at radius 1 is 1.45 bits per heavy atom. The number of hydrogen-bond donors (Lipinski definition) is 2. The number of benzene rings is 1. The minimum Gasteiger partial charge on any atom is -0.375 e. The van der Waals surface area contributed by atoms with Crippen molar-refractivity contribution in [2.75, 3.05) is 0 Å². The monoisotopic (exact) mass is 330 g/mol. The first-order valence-corrected chi connectivity index (χ1v) is 7.94. The molecule has 0 saturated heterocycles. The maximum Gasteiger partial charge on any atom is 0.213 e. The third-order valence-electron chi connectivity index (χ3n) is 2.99. The lowest BCUT2D eigenvalue weighted by atomic mass is 10.1. The predicted molar refractivity (Wildman–Crippen MR) is 93.2 cm³/mol. The number of hydrogen-bond acceptors (Lipinski definition) is 5. The number of aromatic nitrogens is 3. The van der Waals surface area contributed by atoms with E-state index in [9.17, 15) is 0 Å². The summed E-state index contributed by atoms with van der Waals surface area (Å²) in [5.74, 6) is 0. The van der Waals surface area contributed by atoms with E-state index < -0.39 is 0 Å². The third kappa shape index (κ3) is 2.83. The number of rotatable bonds is 4. The molecule has 3 N–H and O–H groups in total. The maximum atomic E-state index is 5.39. The van der Waals surface area contributed by atoms with Crippen LogP contribution in [0.5, 0.6) is 0 Å². The molecule has 0 spiro atoms. The summed E-state index contributed by atoms with van der Waals surface area (Å²) in [6.07, 6.45) is 2.51. The molecule has 8 heteroatoms. The van der Waals surface area contributed by atoms with Gasteiger partial charge in [0.25, 0.3) is 0 Å². The highest BCUT2D eigenvalue weighted by atomic mass is 32.1. The molecule has 0 saturated carbocycles. The van der Waals surface area contributed by atoms with E-state index in [-0.39, 0.29) is 5.11 Å². The van der Waals surface area contributed by atoms with Crippen molar-refractivity contribution in [1.82, 2.24) is 20.0 Å². The van der Waals surface area contributed by atoms with Gasteiger partial charge < -0.3 is 5.73 Å². The molecule has 0 atom stereocenters. The van der Waals surface area contributed by atoms with Gasteiger partial charge in [0, 0.05) is 5.56 Å². The van der Waals surface area contributed by atoms with E-state index in [4.69, 9.17) is 18.0 Å². The van der Waals surface area contributed by atoms with E-state index in [1.165, 1.54) is 0 Å². The summed E-state index contributed by atoms with van der Waals surface area (Å²) in [5, 5.41) is 9.76. The topological polar surface area (TPSA) is 80.6 Å². The van der Waals surface area contributed by atoms with Gasteiger partial charge in [-0.1, -0.05) is 48.6 Å². The van der Waals surface area contributed by atoms with Gasteiger partial charge in [0.15, 0.2) is 5.11 Å². The highest BCUT2D eigenvalue weighted by molar-refractivity contribution is 7.80. The summed E-state index contributed by atoms with van der Waals surface area (Å²) in [4.78, 5) is 5.53. The van der Waals surface area contributed by atoms with Crippen LogP contribution in [0.3, 0.4) is 0 Å². The number of nitrogens with zero attached hydrogens (tertiary/aromatic N) is 4. The summed E-state index contributed by atoms with van der Waals surface area (Å²) in [6.45, 7) is 2.07. The SMILES string of the molecule is CCc1nn2c(/C=N/NC(N)=S)c(-c3ccccc3)nc2s1. The Labute approximate surface area is 136 Å². The minimum atomic E-state index is 0.116. The van der Waals surface area contributed by atoms with Crippen LogP contribution in [-0.2, 0) is 6.42 Å². The molecule has 0 radical (unpaired) electrons. The Kier molecular flexibility index (Phi) is 4.12. The fourth-order valence-corrected chi connectivity index (χ4v) is 2.92. The number of nitrogens with one attached hydrogen (secondary N) is 1. The predicted octanol–water partition coefficient (Wildman–Crippen LogP) is 2.19. The first-order valence-electron chi connectivity index (χ1n) is 6.71. The summed E-state index contributed by atoms with van der Waals surface area (Å²) >= 11 is 6.33. The van der Waals surface area contributed by atoms with Crippen LogP contribution >= 0.6 is 23.6 Å². The van der Waals surface area contributed by atoms with Crippen molar-refractivity contribution in [1.29, 1.82) is 0 Å². The van der Waals surface area contributed by atoms with Gasteiger partial charge in [0.05, 0.1) is 6.21 Å². The van der Waals surface area contributed by atoms with Gasteiger partial charge in [-0.3, -0.25) is 5.43 Å². The fourth-order valence-electron chi connectivity index (χ4n) is 2.03. The number of hydrazone groups is 1. The molecular formula is C14H14N6S2. The Hall–Kier alpha value is -2.32. The molecule has 1 aromatic carbocycles. The van der Waals surface area contributed by atoms with Crippen molar-refractivity contribution in [3.8, 4) is 11.3 Å². The maximum absolute atomic E-state index is 5.39. The van der Waals surface area contributed by atoms with Gasteiger partial charge in [-0.25, -0.2) is 9.50 Å². The molecule has 6 nitrogen and oxygen atoms in total. The standard InChI is InChI=1S/C14H14N6S2/c1-2-11-19-20-10(8-16-18-13(15)21)12(17-14(20)22-11)9-6-4-3-5-7-9/h3-8H,2H2,1H3,(H3,15,18,21)/b16-8+. The Balaban J connectivity index is 2.12. The summed E-state index contributed by atoms with van der Waals surface area (Å²) in [7, 11) is 0. The first kappa shape index (κ1) is 14.6. The number of fused-ring (bicyclic) bond motifs is 1. The zero-order valence-electron chi connectivity index (χ0n) is 11.9. The van der Waals surface area contributed by atoms with Gasteiger partial charge >= 0.3 is 0 Å². The second-order valence-electron chi connectivity index (χ2n) is 4.49. The highest BCUT2D eigenvalue weighted by Crippen LogP contribution is 2.26. The van der Waals surface area contributed by atoms with Crippen LogP contribution in [0.2, 0.25) is 0 Å². The molecule has 3 rings (SSSR count). The van der Waals surface area contributed by atoms with Crippen LogP contribution in [0, 0.1) is 0 Å². The van der Waals surface area contributed by atoms with Crippen LogP contribution in [0.15, 0.2) is 35.4 Å². The summed E-state index contributed by atoms with van der Waals surface area (Å²) in [6, 6.07) is 9.93. The van der Waals surface area contributed by atoms with Crippen molar-refractivity contribution >= 4 is 39.8 Å².